The molecule has 8 heteroatoms. The molecule has 4 unspecified atom stereocenters. The van der Waals surface area contributed by atoms with Crippen LogP contribution in [-0.2, 0) is 14.3 Å². The molecule has 1 rings (SSSR count). The number of hydrogen-bond acceptors (Lipinski definition) is 7. The lowest BCUT2D eigenvalue weighted by atomic mass is 10.0. The lowest BCUT2D eigenvalue weighted by Crippen LogP contribution is -2.42. The van der Waals surface area contributed by atoms with E-state index in [4.69, 9.17) is 20.7 Å². The summed E-state index contributed by atoms with van der Waals surface area (Å²) in [5.74, 6) is -3.15. The molecule has 0 radical (unpaired) electrons. The summed E-state index contributed by atoms with van der Waals surface area (Å²) < 4.78 is 4.94. The number of nitrogens with two attached hydrogens (primary N) is 1. The molecule has 0 aliphatic carbocycles. The SMILES string of the molecule is CC(N)C(OC(=O)C(O)C(O)C(=O)O)c1cccc(O)c1. The highest BCUT2D eigenvalue weighted by Gasteiger charge is 2.34. The third-order valence-corrected chi connectivity index (χ3v) is 2.71. The fourth-order valence-corrected chi connectivity index (χ4v) is 1.64. The van der Waals surface area contributed by atoms with E-state index in [0.717, 1.165) is 0 Å². The molecule has 0 heterocycles. The fraction of sp³-hybridized carbons (Fsp3) is 0.385. The molecular formula is C13H17NO7. The van der Waals surface area contributed by atoms with Gasteiger partial charge in [0.05, 0.1) is 0 Å². The number of carboxylic acid groups (broad SMARTS) is 1. The number of benzene rings is 1. The summed E-state index contributed by atoms with van der Waals surface area (Å²) in [5.41, 5.74) is 6.05. The Labute approximate surface area is 120 Å². The van der Waals surface area contributed by atoms with Crippen molar-refractivity contribution in [3.63, 3.8) is 0 Å². The van der Waals surface area contributed by atoms with Gasteiger partial charge >= 0.3 is 11.9 Å². The van der Waals surface area contributed by atoms with Crippen LogP contribution in [0.4, 0.5) is 0 Å². The summed E-state index contributed by atoms with van der Waals surface area (Å²) in [5, 5.41) is 36.4. The van der Waals surface area contributed by atoms with Gasteiger partial charge in [-0.15, -0.1) is 0 Å². The van der Waals surface area contributed by atoms with Crippen LogP contribution >= 0.6 is 0 Å². The molecule has 0 amide bonds. The highest BCUT2D eigenvalue weighted by atomic mass is 16.6. The number of ether oxygens (including phenoxy) is 1. The zero-order valence-corrected chi connectivity index (χ0v) is 11.2. The van der Waals surface area contributed by atoms with Crippen LogP contribution in [0.5, 0.6) is 5.75 Å². The topological polar surface area (TPSA) is 150 Å². The van der Waals surface area contributed by atoms with E-state index in [9.17, 15) is 19.8 Å². The van der Waals surface area contributed by atoms with Crippen molar-refractivity contribution in [1.29, 1.82) is 0 Å². The monoisotopic (exact) mass is 299 g/mol. The summed E-state index contributed by atoms with van der Waals surface area (Å²) in [6.45, 7) is 1.53. The van der Waals surface area contributed by atoms with Gasteiger partial charge in [-0.05, 0) is 24.6 Å². The minimum Gasteiger partial charge on any atom is -0.508 e. The first-order chi connectivity index (χ1) is 9.73. The minimum atomic E-state index is -2.30. The van der Waals surface area contributed by atoms with E-state index < -0.39 is 36.3 Å². The number of hydrogen-bond donors (Lipinski definition) is 5. The van der Waals surface area contributed by atoms with Gasteiger partial charge in [-0.25, -0.2) is 9.59 Å². The zero-order valence-electron chi connectivity index (χ0n) is 11.2. The Hall–Kier alpha value is -2.16. The number of aliphatic hydroxyl groups excluding tert-OH is 2. The lowest BCUT2D eigenvalue weighted by Gasteiger charge is -2.24. The summed E-state index contributed by atoms with van der Waals surface area (Å²) >= 11 is 0. The smallest absolute Gasteiger partial charge is 0.339 e. The van der Waals surface area contributed by atoms with Crippen molar-refractivity contribution in [3.8, 4) is 5.75 Å². The molecule has 0 saturated heterocycles. The molecule has 0 aliphatic heterocycles. The third-order valence-electron chi connectivity index (χ3n) is 2.71. The maximum atomic E-state index is 11.6. The second-order valence-corrected chi connectivity index (χ2v) is 4.54. The Morgan fingerprint density at radius 3 is 2.33 bits per heavy atom. The van der Waals surface area contributed by atoms with Crippen LogP contribution in [0.3, 0.4) is 0 Å². The predicted molar refractivity (Wildman–Crippen MR) is 70.2 cm³/mol. The molecule has 0 spiro atoms. The van der Waals surface area contributed by atoms with Crippen molar-refractivity contribution in [1.82, 2.24) is 0 Å². The number of carboxylic acids is 1. The van der Waals surface area contributed by atoms with E-state index >= 15 is 0 Å². The van der Waals surface area contributed by atoms with Gasteiger partial charge < -0.3 is 30.9 Å². The second kappa shape index (κ2) is 7.02. The van der Waals surface area contributed by atoms with Crippen molar-refractivity contribution >= 4 is 11.9 Å². The Morgan fingerprint density at radius 2 is 1.86 bits per heavy atom. The van der Waals surface area contributed by atoms with Crippen LogP contribution in [0.2, 0.25) is 0 Å². The van der Waals surface area contributed by atoms with E-state index in [1.165, 1.54) is 25.1 Å². The molecule has 116 valence electrons. The van der Waals surface area contributed by atoms with Crippen molar-refractivity contribution in [3.05, 3.63) is 29.8 Å². The van der Waals surface area contributed by atoms with Gasteiger partial charge in [-0.3, -0.25) is 0 Å². The number of phenols is 1. The zero-order chi connectivity index (χ0) is 16.2. The molecule has 0 aliphatic rings. The molecule has 6 N–H and O–H groups in total. The Kier molecular flexibility index (Phi) is 5.65. The number of carbonyl (C=O) groups is 2. The van der Waals surface area contributed by atoms with Crippen molar-refractivity contribution < 1.29 is 34.8 Å². The Bertz CT molecular complexity index is 517. The number of aliphatic hydroxyl groups is 2. The molecule has 0 fully saturated rings. The average Bonchev–Trinajstić information content (AvgIpc) is 2.42. The van der Waals surface area contributed by atoms with E-state index in [0.29, 0.717) is 5.56 Å². The maximum Gasteiger partial charge on any atom is 0.339 e. The molecule has 4 atom stereocenters. The van der Waals surface area contributed by atoms with Crippen LogP contribution in [0.25, 0.3) is 0 Å². The molecule has 0 aromatic heterocycles. The normalized spacial score (nSPS) is 16.6. The van der Waals surface area contributed by atoms with E-state index in [2.05, 4.69) is 0 Å². The predicted octanol–water partition coefficient (Wildman–Crippen LogP) is -0.870. The maximum absolute atomic E-state index is 11.6. The standard InChI is InChI=1S/C13H17NO7/c1-6(14)11(7-3-2-4-8(15)5-7)21-13(20)10(17)9(16)12(18)19/h2-6,9-11,15-17H,14H2,1H3,(H,18,19). The van der Waals surface area contributed by atoms with Gasteiger partial charge in [-0.1, -0.05) is 12.1 Å². The summed E-state index contributed by atoms with van der Waals surface area (Å²) in [6, 6.07) is 5.09. The van der Waals surface area contributed by atoms with Gasteiger partial charge in [0.15, 0.2) is 12.2 Å². The molecular weight excluding hydrogens is 282 g/mol. The van der Waals surface area contributed by atoms with E-state index in [1.54, 1.807) is 6.07 Å². The van der Waals surface area contributed by atoms with Gasteiger partial charge in [-0.2, -0.15) is 0 Å². The van der Waals surface area contributed by atoms with E-state index in [1.807, 2.05) is 0 Å². The van der Waals surface area contributed by atoms with Crippen molar-refractivity contribution in [2.75, 3.05) is 0 Å². The van der Waals surface area contributed by atoms with Crippen LogP contribution in [-0.4, -0.2) is 50.6 Å². The molecule has 0 bridgehead atoms. The minimum absolute atomic E-state index is 0.0691. The van der Waals surface area contributed by atoms with Gasteiger partial charge in [0.1, 0.15) is 11.9 Å². The van der Waals surface area contributed by atoms with Crippen molar-refractivity contribution in [2.24, 2.45) is 5.73 Å². The Balaban J connectivity index is 2.89. The first kappa shape index (κ1) is 16.9. The van der Waals surface area contributed by atoms with Gasteiger partial charge in [0, 0.05) is 6.04 Å². The quantitative estimate of drug-likeness (QED) is 0.425. The number of aromatic hydroxyl groups is 1. The number of aliphatic carboxylic acids is 1. The second-order valence-electron chi connectivity index (χ2n) is 4.54. The van der Waals surface area contributed by atoms with Crippen LogP contribution in [0.1, 0.15) is 18.6 Å². The average molecular weight is 299 g/mol. The third kappa shape index (κ3) is 4.42. The summed E-state index contributed by atoms with van der Waals surface area (Å²) in [4.78, 5) is 22.2. The van der Waals surface area contributed by atoms with Crippen molar-refractivity contribution in [2.45, 2.75) is 31.3 Å². The first-order valence-corrected chi connectivity index (χ1v) is 6.08. The Morgan fingerprint density at radius 1 is 1.24 bits per heavy atom. The highest BCUT2D eigenvalue weighted by molar-refractivity contribution is 5.84. The number of carbonyl (C=O) groups excluding carboxylic acids is 1. The molecule has 1 aromatic rings. The summed E-state index contributed by atoms with van der Waals surface area (Å²) in [6.07, 6.45) is -5.54. The molecule has 21 heavy (non-hydrogen) atoms. The largest absolute Gasteiger partial charge is 0.508 e. The number of esters is 1. The molecule has 8 nitrogen and oxygen atoms in total. The van der Waals surface area contributed by atoms with Crippen LogP contribution in [0.15, 0.2) is 24.3 Å². The number of rotatable bonds is 6. The fourth-order valence-electron chi connectivity index (χ4n) is 1.64. The lowest BCUT2D eigenvalue weighted by molar-refractivity contribution is -0.174. The molecule has 1 aromatic carbocycles. The van der Waals surface area contributed by atoms with Gasteiger partial charge in [0.2, 0.25) is 0 Å². The molecule has 0 saturated carbocycles. The first-order valence-electron chi connectivity index (χ1n) is 6.08. The highest BCUT2D eigenvalue weighted by Crippen LogP contribution is 2.24. The summed E-state index contributed by atoms with van der Waals surface area (Å²) in [7, 11) is 0. The van der Waals surface area contributed by atoms with E-state index in [-0.39, 0.29) is 5.75 Å². The van der Waals surface area contributed by atoms with Crippen LogP contribution in [0, 0.1) is 0 Å². The van der Waals surface area contributed by atoms with Gasteiger partial charge in [0.25, 0.3) is 0 Å². The number of phenolic OH excluding ortho intramolecular Hbond substituents is 1. The van der Waals surface area contributed by atoms with Crippen LogP contribution < -0.4 is 5.73 Å².